The van der Waals surface area contributed by atoms with Gasteiger partial charge in [0, 0.05) is 25.1 Å². The first-order valence-electron chi connectivity index (χ1n) is 6.55. The van der Waals surface area contributed by atoms with Crippen molar-refractivity contribution in [3.8, 4) is 0 Å². The summed E-state index contributed by atoms with van der Waals surface area (Å²) in [6.45, 7) is 0. The summed E-state index contributed by atoms with van der Waals surface area (Å²) in [5.41, 5.74) is 3.84. The van der Waals surface area contributed by atoms with Crippen LogP contribution >= 0.6 is 0 Å². The summed E-state index contributed by atoms with van der Waals surface area (Å²) < 4.78 is 25.2. The van der Waals surface area contributed by atoms with E-state index in [2.05, 4.69) is 10.5 Å². The standard InChI is InChI=1S/C12H22N4O2S/c1-16-8-10(7-14-16)12(15-13)9-4-3-5-11(6-9)19(2,17)18/h7-9,11-12,15H,3-6,13H2,1-2H3. The highest BCUT2D eigenvalue weighted by Crippen LogP contribution is 2.36. The van der Waals surface area contributed by atoms with Crippen molar-refractivity contribution in [1.29, 1.82) is 0 Å². The highest BCUT2D eigenvalue weighted by atomic mass is 32.2. The Labute approximate surface area is 114 Å². The molecule has 0 aromatic carbocycles. The molecule has 0 bridgehead atoms. The third-order valence-electron chi connectivity index (χ3n) is 4.01. The van der Waals surface area contributed by atoms with Gasteiger partial charge in [-0.3, -0.25) is 16.0 Å². The van der Waals surface area contributed by atoms with Crippen LogP contribution in [0.3, 0.4) is 0 Å². The molecule has 0 saturated heterocycles. The second-order valence-corrected chi connectivity index (χ2v) is 7.80. The van der Waals surface area contributed by atoms with E-state index in [4.69, 9.17) is 5.84 Å². The molecule has 7 heteroatoms. The molecule has 1 aliphatic carbocycles. The number of hydrogen-bond donors (Lipinski definition) is 2. The summed E-state index contributed by atoms with van der Waals surface area (Å²) in [5.74, 6) is 5.90. The van der Waals surface area contributed by atoms with E-state index < -0.39 is 9.84 Å². The second kappa shape index (κ2) is 5.60. The first-order chi connectivity index (χ1) is 8.91. The van der Waals surface area contributed by atoms with Crippen LogP contribution in [0.2, 0.25) is 0 Å². The van der Waals surface area contributed by atoms with Crippen LogP contribution in [0.15, 0.2) is 12.4 Å². The Morgan fingerprint density at radius 3 is 2.79 bits per heavy atom. The van der Waals surface area contributed by atoms with E-state index in [1.54, 1.807) is 10.9 Å². The summed E-state index contributed by atoms with van der Waals surface area (Å²) in [6.07, 6.45) is 8.40. The number of sulfone groups is 1. The fourth-order valence-corrected chi connectivity index (χ4v) is 4.17. The number of nitrogens with one attached hydrogen (secondary N) is 1. The molecule has 3 N–H and O–H groups in total. The summed E-state index contributed by atoms with van der Waals surface area (Å²) in [6, 6.07) is -0.0294. The number of hydrazine groups is 1. The van der Waals surface area contributed by atoms with Crippen LogP contribution in [0.1, 0.15) is 37.3 Å². The lowest BCUT2D eigenvalue weighted by atomic mass is 9.82. The van der Waals surface area contributed by atoms with Crippen LogP contribution in [0, 0.1) is 5.92 Å². The largest absolute Gasteiger partial charge is 0.275 e. The molecule has 1 fully saturated rings. The lowest BCUT2D eigenvalue weighted by Gasteiger charge is -2.33. The molecule has 19 heavy (non-hydrogen) atoms. The molecular weight excluding hydrogens is 264 g/mol. The number of rotatable bonds is 4. The van der Waals surface area contributed by atoms with Crippen LogP contribution < -0.4 is 11.3 Å². The Bertz CT molecular complexity index is 526. The van der Waals surface area contributed by atoms with Gasteiger partial charge in [-0.15, -0.1) is 0 Å². The predicted octanol–water partition coefficient (Wildman–Crippen LogP) is 0.528. The quantitative estimate of drug-likeness (QED) is 0.622. The molecule has 1 heterocycles. The maximum Gasteiger partial charge on any atom is 0.150 e. The molecule has 1 aromatic rings. The zero-order valence-electron chi connectivity index (χ0n) is 11.4. The number of aryl methyl sites for hydroxylation is 1. The molecule has 1 aliphatic rings. The van der Waals surface area contributed by atoms with Crippen LogP contribution in [-0.4, -0.2) is 29.7 Å². The van der Waals surface area contributed by atoms with Crippen molar-refractivity contribution >= 4 is 9.84 Å². The van der Waals surface area contributed by atoms with Crippen molar-refractivity contribution in [3.05, 3.63) is 18.0 Å². The van der Waals surface area contributed by atoms with E-state index in [9.17, 15) is 8.42 Å². The van der Waals surface area contributed by atoms with Crippen molar-refractivity contribution in [2.75, 3.05) is 6.26 Å². The molecule has 6 nitrogen and oxygen atoms in total. The minimum Gasteiger partial charge on any atom is -0.275 e. The highest BCUT2D eigenvalue weighted by molar-refractivity contribution is 7.91. The van der Waals surface area contributed by atoms with Crippen LogP contribution in [0.5, 0.6) is 0 Å². The van der Waals surface area contributed by atoms with Gasteiger partial charge in [-0.2, -0.15) is 5.10 Å². The number of hydrogen-bond acceptors (Lipinski definition) is 5. The van der Waals surface area contributed by atoms with Gasteiger partial charge in [-0.1, -0.05) is 6.42 Å². The van der Waals surface area contributed by atoms with E-state index in [1.165, 1.54) is 6.26 Å². The number of nitrogens with zero attached hydrogens (tertiary/aromatic N) is 2. The smallest absolute Gasteiger partial charge is 0.150 e. The Morgan fingerprint density at radius 1 is 1.53 bits per heavy atom. The average molecular weight is 286 g/mol. The summed E-state index contributed by atoms with van der Waals surface area (Å²) in [5, 5.41) is 3.91. The van der Waals surface area contributed by atoms with Crippen molar-refractivity contribution in [2.45, 2.75) is 37.0 Å². The van der Waals surface area contributed by atoms with E-state index in [0.717, 1.165) is 24.8 Å². The minimum absolute atomic E-state index is 0.0294. The molecule has 1 saturated carbocycles. The summed E-state index contributed by atoms with van der Waals surface area (Å²) >= 11 is 0. The molecule has 0 amide bonds. The molecule has 2 rings (SSSR count). The molecule has 0 spiro atoms. The van der Waals surface area contributed by atoms with E-state index in [1.807, 2.05) is 13.2 Å². The van der Waals surface area contributed by atoms with Crippen molar-refractivity contribution in [3.63, 3.8) is 0 Å². The van der Waals surface area contributed by atoms with Crippen LogP contribution in [0.4, 0.5) is 0 Å². The van der Waals surface area contributed by atoms with Gasteiger partial charge in [0.15, 0.2) is 0 Å². The third-order valence-corrected chi connectivity index (χ3v) is 5.65. The second-order valence-electron chi connectivity index (χ2n) is 5.47. The van der Waals surface area contributed by atoms with Crippen molar-refractivity contribution < 1.29 is 8.42 Å². The van der Waals surface area contributed by atoms with Gasteiger partial charge >= 0.3 is 0 Å². The maximum atomic E-state index is 11.7. The Kier molecular flexibility index (Phi) is 4.27. The van der Waals surface area contributed by atoms with Gasteiger partial charge in [-0.25, -0.2) is 8.42 Å². The zero-order valence-corrected chi connectivity index (χ0v) is 12.2. The molecular formula is C12H22N4O2S. The van der Waals surface area contributed by atoms with E-state index in [0.29, 0.717) is 6.42 Å². The monoisotopic (exact) mass is 286 g/mol. The first-order valence-corrected chi connectivity index (χ1v) is 8.51. The first kappa shape index (κ1) is 14.5. The molecule has 3 atom stereocenters. The Hall–Kier alpha value is -0.920. The minimum atomic E-state index is -2.97. The van der Waals surface area contributed by atoms with Gasteiger partial charge in [0.2, 0.25) is 0 Å². The highest BCUT2D eigenvalue weighted by Gasteiger charge is 2.33. The molecule has 3 unspecified atom stereocenters. The maximum absolute atomic E-state index is 11.7. The molecule has 0 radical (unpaired) electrons. The Morgan fingerprint density at radius 2 is 2.26 bits per heavy atom. The van der Waals surface area contributed by atoms with Gasteiger partial charge in [0.05, 0.1) is 17.5 Å². The van der Waals surface area contributed by atoms with E-state index >= 15 is 0 Å². The van der Waals surface area contributed by atoms with E-state index in [-0.39, 0.29) is 17.2 Å². The fourth-order valence-electron chi connectivity index (χ4n) is 2.98. The van der Waals surface area contributed by atoms with Gasteiger partial charge in [0.25, 0.3) is 0 Å². The van der Waals surface area contributed by atoms with Crippen molar-refractivity contribution in [1.82, 2.24) is 15.2 Å². The van der Waals surface area contributed by atoms with Crippen molar-refractivity contribution in [2.24, 2.45) is 18.8 Å². The number of nitrogens with two attached hydrogens (primary N) is 1. The van der Waals surface area contributed by atoms with Gasteiger partial charge < -0.3 is 0 Å². The lowest BCUT2D eigenvalue weighted by Crippen LogP contribution is -2.38. The van der Waals surface area contributed by atoms with Crippen LogP contribution in [-0.2, 0) is 16.9 Å². The molecule has 0 aliphatic heterocycles. The normalized spacial score (nSPS) is 26.3. The van der Waals surface area contributed by atoms with Crippen LogP contribution in [0.25, 0.3) is 0 Å². The SMILES string of the molecule is Cn1cc(C(NN)C2CCCC(S(C)(=O)=O)C2)cn1. The Balaban J connectivity index is 2.15. The predicted molar refractivity (Wildman–Crippen MR) is 73.9 cm³/mol. The lowest BCUT2D eigenvalue weighted by molar-refractivity contribution is 0.274. The topological polar surface area (TPSA) is 90.0 Å². The van der Waals surface area contributed by atoms with Gasteiger partial charge in [-0.05, 0) is 25.2 Å². The fraction of sp³-hybridized carbons (Fsp3) is 0.750. The summed E-state index contributed by atoms with van der Waals surface area (Å²) in [7, 11) is -1.11. The van der Waals surface area contributed by atoms with Gasteiger partial charge in [0.1, 0.15) is 9.84 Å². The number of aromatic nitrogens is 2. The third kappa shape index (κ3) is 3.34. The summed E-state index contributed by atoms with van der Waals surface area (Å²) in [4.78, 5) is 0. The zero-order chi connectivity index (χ0) is 14.0. The molecule has 1 aromatic heterocycles. The average Bonchev–Trinajstić information content (AvgIpc) is 2.76. The molecule has 108 valence electrons.